The molecule has 1 rings (SSSR count). The van der Waals surface area contributed by atoms with Gasteiger partial charge >= 0.3 is 12.4 Å². The maximum absolute atomic E-state index is 10.4. The summed E-state index contributed by atoms with van der Waals surface area (Å²) in [6.45, 7) is 0.528. The molecule has 1 fully saturated rings. The molecular weight excluding hydrogens is 134 g/mol. The normalized spacial score (nSPS) is 24.8. The largest absolute Gasteiger partial charge is 0.480 e. The first-order chi connectivity index (χ1) is 4.75. The zero-order valence-electron chi connectivity index (χ0n) is 5.41. The predicted molar refractivity (Wildman–Crippen MR) is 33.1 cm³/mol. The Hall–Kier alpha value is -1.06. The highest BCUT2D eigenvalue weighted by Crippen LogP contribution is 2.14. The molecule has 10 heavy (non-hydrogen) atoms. The van der Waals surface area contributed by atoms with E-state index in [1.54, 1.807) is 6.41 Å². The number of amides is 1. The molecule has 0 aliphatic carbocycles. The van der Waals surface area contributed by atoms with Crippen LogP contribution in [0.25, 0.3) is 0 Å². The topological polar surface area (TPSA) is 57.6 Å². The van der Waals surface area contributed by atoms with Gasteiger partial charge in [-0.25, -0.2) is 4.79 Å². The van der Waals surface area contributed by atoms with Crippen LogP contribution < -0.4 is 0 Å². The molecule has 0 bridgehead atoms. The Bertz CT molecular complexity index is 157. The molecule has 0 saturated carbocycles. The average molecular weight is 142 g/mol. The molecule has 1 saturated heterocycles. The van der Waals surface area contributed by atoms with Gasteiger partial charge in [-0.15, -0.1) is 0 Å². The summed E-state index contributed by atoms with van der Waals surface area (Å²) in [5.41, 5.74) is 0. The van der Waals surface area contributed by atoms with E-state index in [-0.39, 0.29) is 0 Å². The maximum Gasteiger partial charge on any atom is 0.326 e. The number of hydrogen-bond acceptors (Lipinski definition) is 2. The number of carbonyl (C=O) groups is 1. The second-order valence-corrected chi connectivity index (χ2v) is 2.28. The lowest BCUT2D eigenvalue weighted by molar-refractivity contribution is -0.140. The Morgan fingerprint density at radius 3 is 2.80 bits per heavy atom. The van der Waals surface area contributed by atoms with Gasteiger partial charge in [-0.2, -0.15) is 0 Å². The molecule has 0 aromatic rings. The second-order valence-electron chi connectivity index (χ2n) is 2.28. The number of carbonyl (C=O) groups excluding carboxylic acids is 1. The highest BCUT2D eigenvalue weighted by molar-refractivity contribution is 5.76. The number of carboxylic acid groups (broad SMARTS) is 1. The third-order valence-corrected chi connectivity index (χ3v) is 1.66. The van der Waals surface area contributed by atoms with Crippen molar-refractivity contribution in [1.29, 1.82) is 0 Å². The molecule has 4 nitrogen and oxygen atoms in total. The minimum absolute atomic E-state index is 0.528. The predicted octanol–water partition coefficient (Wildman–Crippen LogP) is -0.397. The zero-order chi connectivity index (χ0) is 7.56. The van der Waals surface area contributed by atoms with Crippen molar-refractivity contribution in [2.45, 2.75) is 18.9 Å². The molecule has 1 radical (unpaired) electrons. The van der Waals surface area contributed by atoms with Crippen LogP contribution in [0.1, 0.15) is 12.8 Å². The van der Waals surface area contributed by atoms with Crippen molar-refractivity contribution >= 4 is 12.4 Å². The van der Waals surface area contributed by atoms with Gasteiger partial charge in [0.2, 0.25) is 0 Å². The van der Waals surface area contributed by atoms with Gasteiger partial charge < -0.3 is 10.0 Å². The summed E-state index contributed by atoms with van der Waals surface area (Å²) in [5.74, 6) is -0.930. The van der Waals surface area contributed by atoms with Gasteiger partial charge in [-0.3, -0.25) is 4.79 Å². The second kappa shape index (κ2) is 2.68. The van der Waals surface area contributed by atoms with Gasteiger partial charge in [0, 0.05) is 6.54 Å². The van der Waals surface area contributed by atoms with Gasteiger partial charge in [0.15, 0.2) is 0 Å². The summed E-state index contributed by atoms with van der Waals surface area (Å²) in [5, 5.41) is 8.49. The lowest BCUT2D eigenvalue weighted by atomic mass is 10.2. The van der Waals surface area contributed by atoms with E-state index in [1.165, 1.54) is 4.90 Å². The van der Waals surface area contributed by atoms with Crippen molar-refractivity contribution in [3.63, 3.8) is 0 Å². The van der Waals surface area contributed by atoms with Crippen LogP contribution in [0, 0.1) is 0 Å². The highest BCUT2D eigenvalue weighted by Gasteiger charge is 2.29. The van der Waals surface area contributed by atoms with Crippen molar-refractivity contribution < 1.29 is 14.7 Å². The van der Waals surface area contributed by atoms with E-state index in [2.05, 4.69) is 0 Å². The molecule has 0 unspecified atom stereocenters. The third-order valence-electron chi connectivity index (χ3n) is 1.66. The van der Waals surface area contributed by atoms with Gasteiger partial charge in [0.25, 0.3) is 0 Å². The van der Waals surface area contributed by atoms with Gasteiger partial charge in [-0.05, 0) is 12.8 Å². The van der Waals surface area contributed by atoms with E-state index < -0.39 is 12.0 Å². The summed E-state index contributed by atoms with van der Waals surface area (Å²) in [7, 11) is 0. The quantitative estimate of drug-likeness (QED) is 0.570. The first kappa shape index (κ1) is 7.05. The first-order valence-electron chi connectivity index (χ1n) is 3.13. The zero-order valence-corrected chi connectivity index (χ0v) is 5.41. The van der Waals surface area contributed by atoms with Crippen LogP contribution in [0.15, 0.2) is 0 Å². The molecule has 1 heterocycles. The fraction of sp³-hybridized carbons (Fsp3) is 0.667. The molecule has 0 spiro atoms. The van der Waals surface area contributed by atoms with E-state index in [9.17, 15) is 9.59 Å². The Labute approximate surface area is 58.4 Å². The van der Waals surface area contributed by atoms with E-state index in [4.69, 9.17) is 5.11 Å². The van der Waals surface area contributed by atoms with E-state index in [1.807, 2.05) is 0 Å². The fourth-order valence-electron chi connectivity index (χ4n) is 1.13. The standard InChI is InChI=1S/C6H8NO3/c8-4-7-3-1-2-5(7)6(9)10/h5H,1-3H2,(H,9,10)/t5-/m0/s1. The lowest BCUT2D eigenvalue weighted by Gasteiger charge is -2.12. The maximum atomic E-state index is 10.4. The summed E-state index contributed by atoms with van der Waals surface area (Å²) in [6.07, 6.45) is 2.93. The minimum atomic E-state index is -0.930. The Morgan fingerprint density at radius 2 is 2.40 bits per heavy atom. The number of rotatable bonds is 2. The molecular formula is C6H8NO3. The van der Waals surface area contributed by atoms with Crippen LogP contribution in [-0.4, -0.2) is 35.0 Å². The molecule has 4 heteroatoms. The number of carboxylic acids is 1. The SMILES string of the molecule is O=[C]N1CCC[C@H]1C(=O)O. The fourth-order valence-corrected chi connectivity index (χ4v) is 1.13. The van der Waals surface area contributed by atoms with E-state index in [0.29, 0.717) is 13.0 Å². The molecule has 1 atom stereocenters. The van der Waals surface area contributed by atoms with Crippen LogP contribution in [0.2, 0.25) is 0 Å². The smallest absolute Gasteiger partial charge is 0.326 e. The van der Waals surface area contributed by atoms with Crippen LogP contribution in [0.4, 0.5) is 0 Å². The Kier molecular flexibility index (Phi) is 1.89. The van der Waals surface area contributed by atoms with Gasteiger partial charge in [-0.1, -0.05) is 0 Å². The van der Waals surface area contributed by atoms with Crippen molar-refractivity contribution in [3.05, 3.63) is 0 Å². The van der Waals surface area contributed by atoms with Crippen molar-refractivity contribution in [2.75, 3.05) is 6.54 Å². The molecule has 1 aliphatic heterocycles. The van der Waals surface area contributed by atoms with Crippen LogP contribution in [0.3, 0.4) is 0 Å². The summed E-state index contributed by atoms with van der Waals surface area (Å²) in [4.78, 5) is 21.6. The lowest BCUT2D eigenvalue weighted by Crippen LogP contribution is -2.34. The monoisotopic (exact) mass is 142 g/mol. The third kappa shape index (κ3) is 1.10. The molecule has 55 valence electrons. The summed E-state index contributed by atoms with van der Waals surface area (Å²) in [6, 6.07) is -0.627. The highest BCUT2D eigenvalue weighted by atomic mass is 16.4. The van der Waals surface area contributed by atoms with Crippen LogP contribution in [0.5, 0.6) is 0 Å². The van der Waals surface area contributed by atoms with E-state index in [0.717, 1.165) is 6.42 Å². The average Bonchev–Trinajstić information content (AvgIpc) is 2.33. The van der Waals surface area contributed by atoms with Crippen molar-refractivity contribution in [1.82, 2.24) is 4.90 Å². The molecule has 1 N–H and O–H groups in total. The molecule has 0 aromatic carbocycles. The van der Waals surface area contributed by atoms with Crippen LogP contribution >= 0.6 is 0 Å². The summed E-state index contributed by atoms with van der Waals surface area (Å²) >= 11 is 0. The molecule has 1 amide bonds. The Balaban J connectivity index is 2.58. The number of aliphatic carboxylic acids is 1. The number of hydrogen-bond donors (Lipinski definition) is 1. The first-order valence-corrected chi connectivity index (χ1v) is 3.13. The van der Waals surface area contributed by atoms with Crippen molar-refractivity contribution in [3.8, 4) is 0 Å². The van der Waals surface area contributed by atoms with Crippen LogP contribution in [-0.2, 0) is 9.59 Å². The number of nitrogens with zero attached hydrogens (tertiary/aromatic N) is 1. The molecule has 0 aromatic heterocycles. The Morgan fingerprint density at radius 1 is 1.70 bits per heavy atom. The minimum Gasteiger partial charge on any atom is -0.480 e. The van der Waals surface area contributed by atoms with Gasteiger partial charge in [0.1, 0.15) is 6.04 Å². The summed E-state index contributed by atoms with van der Waals surface area (Å²) < 4.78 is 0. The van der Waals surface area contributed by atoms with Crippen molar-refractivity contribution in [2.24, 2.45) is 0 Å². The van der Waals surface area contributed by atoms with Gasteiger partial charge in [0.05, 0.1) is 0 Å². The molecule has 1 aliphatic rings. The van der Waals surface area contributed by atoms with E-state index >= 15 is 0 Å². The number of likely N-dealkylation sites (tertiary alicyclic amines) is 1.